The minimum absolute atomic E-state index is 0.0814. The average molecular weight is 687 g/mol. The lowest BCUT2D eigenvalue weighted by Gasteiger charge is -2.41. The first-order valence-electron chi connectivity index (χ1n) is 13.2. The van der Waals surface area contributed by atoms with Crippen molar-refractivity contribution in [1.29, 1.82) is 0 Å². The Kier molecular flexibility index (Phi) is 10.9. The Morgan fingerprint density at radius 1 is 1.10 bits per heavy atom. The van der Waals surface area contributed by atoms with Crippen molar-refractivity contribution in [2.75, 3.05) is 13.2 Å². The van der Waals surface area contributed by atoms with E-state index in [1.54, 1.807) is 29.2 Å². The van der Waals surface area contributed by atoms with Gasteiger partial charge in [-0.1, -0.05) is 54.2 Å². The number of aliphatic hydroxyl groups is 2. The van der Waals surface area contributed by atoms with Gasteiger partial charge in [0.25, 0.3) is 0 Å². The van der Waals surface area contributed by atoms with E-state index in [1.807, 2.05) is 24.3 Å². The number of carbonyl (C=O) groups is 2. The molecule has 0 aromatic heterocycles. The summed E-state index contributed by atoms with van der Waals surface area (Å²) in [4.78, 5) is 28.5. The molecule has 2 aliphatic carbocycles. The molecule has 4 rings (SSSR count). The number of halogens is 3. The number of aliphatic hydroxyl groups excluding tert-OH is 2. The van der Waals surface area contributed by atoms with E-state index >= 15 is 0 Å². The summed E-state index contributed by atoms with van der Waals surface area (Å²) in [5.41, 5.74) is 1.16. The molecule has 3 atom stereocenters. The van der Waals surface area contributed by atoms with E-state index in [9.17, 15) is 19.8 Å². The molecule has 0 spiro atoms. The van der Waals surface area contributed by atoms with Gasteiger partial charge in [-0.3, -0.25) is 9.59 Å². The van der Waals surface area contributed by atoms with E-state index in [2.05, 4.69) is 27.9 Å². The van der Waals surface area contributed by atoms with Gasteiger partial charge >= 0.3 is 0 Å². The Morgan fingerprint density at radius 3 is 2.54 bits per heavy atom. The Bertz CT molecular complexity index is 1200. The zero-order valence-corrected chi connectivity index (χ0v) is 25.2. The van der Waals surface area contributed by atoms with Gasteiger partial charge in [0.15, 0.2) is 0 Å². The summed E-state index contributed by atoms with van der Waals surface area (Å²) in [5.74, 6) is 0.426. The number of rotatable bonds is 10. The van der Waals surface area contributed by atoms with Crippen LogP contribution in [0.3, 0.4) is 0 Å². The lowest BCUT2D eigenvalue weighted by molar-refractivity contribution is -0.140. The van der Waals surface area contributed by atoms with Crippen LogP contribution < -0.4 is 10.1 Å². The Hall–Kier alpha value is -1.85. The summed E-state index contributed by atoms with van der Waals surface area (Å²) in [6, 6.07) is 11.9. The molecule has 210 valence electrons. The molecule has 1 fully saturated rings. The molecular weight excluding hydrogens is 654 g/mol. The van der Waals surface area contributed by atoms with Gasteiger partial charge in [0.05, 0.1) is 26.3 Å². The van der Waals surface area contributed by atoms with Crippen LogP contribution >= 0.6 is 45.8 Å². The first kappa shape index (κ1) is 30.1. The average Bonchev–Trinajstić information content (AvgIpc) is 3.43. The van der Waals surface area contributed by atoms with Crippen LogP contribution in [0.1, 0.15) is 44.1 Å². The van der Waals surface area contributed by atoms with Crippen LogP contribution in [-0.2, 0) is 16.1 Å². The van der Waals surface area contributed by atoms with Gasteiger partial charge in [-0.15, -0.1) is 0 Å². The molecule has 2 aromatic carbocycles. The standard InChI is InChI=1S/C29H33Cl2IN2O5/c30-21-10-9-19(13-22(21)31)17-34(27(36)14-18-5-1-2-6-18)24-15-20(29(38)33-11-12-35)16-26(28(24)37)39-25-8-4-3-7-23(25)32/h3-4,7-10,13,16,18,24,26,28,35,37H,1-2,5-6,11-12,14-15,17H2,(H,33,38)/t24-,26+,28+/m1/s1. The lowest BCUT2D eigenvalue weighted by atomic mass is 9.87. The first-order chi connectivity index (χ1) is 18.8. The van der Waals surface area contributed by atoms with Crippen molar-refractivity contribution < 1.29 is 24.5 Å². The highest BCUT2D eigenvalue weighted by Crippen LogP contribution is 2.34. The van der Waals surface area contributed by atoms with E-state index < -0.39 is 18.2 Å². The number of nitrogens with one attached hydrogen (secondary N) is 1. The highest BCUT2D eigenvalue weighted by molar-refractivity contribution is 14.1. The summed E-state index contributed by atoms with van der Waals surface area (Å²) >= 11 is 14.6. The van der Waals surface area contributed by atoms with Crippen molar-refractivity contribution in [1.82, 2.24) is 10.2 Å². The number of amides is 2. The number of para-hydroxylation sites is 1. The molecule has 0 radical (unpaired) electrons. The van der Waals surface area contributed by atoms with Gasteiger partial charge in [0.2, 0.25) is 11.8 Å². The molecule has 7 nitrogen and oxygen atoms in total. The maximum atomic E-state index is 13.8. The van der Waals surface area contributed by atoms with Crippen molar-refractivity contribution in [2.24, 2.45) is 5.92 Å². The molecule has 39 heavy (non-hydrogen) atoms. The van der Waals surface area contributed by atoms with E-state index in [-0.39, 0.29) is 37.9 Å². The monoisotopic (exact) mass is 686 g/mol. The van der Waals surface area contributed by atoms with Crippen molar-refractivity contribution in [3.8, 4) is 5.75 Å². The molecule has 3 N–H and O–H groups in total. The lowest BCUT2D eigenvalue weighted by Crippen LogP contribution is -2.55. The molecule has 0 saturated heterocycles. The number of hydrogen-bond acceptors (Lipinski definition) is 5. The third kappa shape index (κ3) is 7.88. The first-order valence-corrected chi connectivity index (χ1v) is 15.0. The summed E-state index contributed by atoms with van der Waals surface area (Å²) in [6.07, 6.45) is 4.41. The van der Waals surface area contributed by atoms with E-state index in [0.29, 0.717) is 33.7 Å². The highest BCUT2D eigenvalue weighted by Gasteiger charge is 2.41. The maximum absolute atomic E-state index is 13.8. The van der Waals surface area contributed by atoms with Crippen molar-refractivity contribution >= 4 is 57.6 Å². The predicted octanol–water partition coefficient (Wildman–Crippen LogP) is 5.12. The normalized spacial score (nSPS) is 21.4. The molecular formula is C29H33Cl2IN2O5. The smallest absolute Gasteiger partial charge is 0.247 e. The topological polar surface area (TPSA) is 99.1 Å². The summed E-state index contributed by atoms with van der Waals surface area (Å²) < 4.78 is 7.08. The zero-order valence-electron chi connectivity index (χ0n) is 21.5. The number of carbonyl (C=O) groups excluding carboxylic acids is 2. The van der Waals surface area contributed by atoms with Gasteiger partial charge in [-0.05, 0) is 77.3 Å². The molecule has 0 bridgehead atoms. The minimum Gasteiger partial charge on any atom is -0.482 e. The fourth-order valence-corrected chi connectivity index (χ4v) is 6.11. The van der Waals surface area contributed by atoms with E-state index in [4.69, 9.17) is 27.9 Å². The zero-order chi connectivity index (χ0) is 27.9. The summed E-state index contributed by atoms with van der Waals surface area (Å²) in [7, 11) is 0. The largest absolute Gasteiger partial charge is 0.482 e. The van der Waals surface area contributed by atoms with Crippen LogP contribution in [0.4, 0.5) is 0 Å². The van der Waals surface area contributed by atoms with Gasteiger partial charge in [0.1, 0.15) is 18.0 Å². The summed E-state index contributed by atoms with van der Waals surface area (Å²) in [6.45, 7) is 0.0982. The third-order valence-electron chi connectivity index (χ3n) is 7.31. The predicted molar refractivity (Wildman–Crippen MR) is 160 cm³/mol. The number of nitrogens with zero attached hydrogens (tertiary/aromatic N) is 1. The second-order valence-electron chi connectivity index (χ2n) is 10.1. The van der Waals surface area contributed by atoms with Crippen LogP contribution in [0.2, 0.25) is 10.0 Å². The molecule has 0 aliphatic heterocycles. The van der Waals surface area contributed by atoms with Crippen LogP contribution in [0.15, 0.2) is 54.1 Å². The minimum atomic E-state index is -1.09. The summed E-state index contributed by atoms with van der Waals surface area (Å²) in [5, 5.41) is 24.3. The number of ether oxygens (including phenoxy) is 1. The quantitative estimate of drug-likeness (QED) is 0.302. The van der Waals surface area contributed by atoms with Crippen molar-refractivity contribution in [2.45, 2.75) is 63.3 Å². The van der Waals surface area contributed by atoms with Crippen molar-refractivity contribution in [3.63, 3.8) is 0 Å². The fourth-order valence-electron chi connectivity index (χ4n) is 5.27. The Balaban J connectivity index is 1.68. The number of benzene rings is 2. The second kappa shape index (κ2) is 14.2. The van der Waals surface area contributed by atoms with Crippen LogP contribution in [0.5, 0.6) is 5.75 Å². The van der Waals surface area contributed by atoms with Gasteiger partial charge in [0, 0.05) is 31.5 Å². The van der Waals surface area contributed by atoms with Crippen LogP contribution in [0, 0.1) is 9.49 Å². The molecule has 2 aromatic rings. The van der Waals surface area contributed by atoms with E-state index in [1.165, 1.54) is 0 Å². The highest BCUT2D eigenvalue weighted by atomic mass is 127. The van der Waals surface area contributed by atoms with Gasteiger partial charge in [-0.2, -0.15) is 0 Å². The molecule has 1 saturated carbocycles. The Morgan fingerprint density at radius 2 is 1.85 bits per heavy atom. The third-order valence-corrected chi connectivity index (χ3v) is 8.94. The molecule has 0 unspecified atom stereocenters. The van der Waals surface area contributed by atoms with Crippen LogP contribution in [0.25, 0.3) is 0 Å². The Labute approximate surface area is 252 Å². The van der Waals surface area contributed by atoms with Gasteiger partial charge in [-0.25, -0.2) is 0 Å². The number of hydrogen-bond donors (Lipinski definition) is 3. The van der Waals surface area contributed by atoms with Crippen molar-refractivity contribution in [3.05, 3.63) is 73.3 Å². The molecule has 2 aliphatic rings. The van der Waals surface area contributed by atoms with Crippen LogP contribution in [-0.4, -0.2) is 58.3 Å². The maximum Gasteiger partial charge on any atom is 0.247 e. The molecule has 0 heterocycles. The molecule has 10 heteroatoms. The SMILES string of the molecule is O=C(NCCO)C1=C[C@H](Oc2ccccc2I)[C@@H](O)[C@H](N(Cc2ccc(Cl)c(Cl)c2)C(=O)CC2CCCC2)C1. The van der Waals surface area contributed by atoms with E-state index in [0.717, 1.165) is 34.8 Å². The van der Waals surface area contributed by atoms with Gasteiger partial charge < -0.3 is 25.2 Å². The fraction of sp³-hybridized carbons (Fsp3) is 0.448. The molecule has 2 amide bonds. The second-order valence-corrected chi connectivity index (χ2v) is 12.0.